The van der Waals surface area contributed by atoms with Gasteiger partial charge in [-0.25, -0.2) is 0 Å². The summed E-state index contributed by atoms with van der Waals surface area (Å²) in [7, 11) is 1.68. The zero-order valence-corrected chi connectivity index (χ0v) is 25.5. The molecule has 1 heterocycles. The van der Waals surface area contributed by atoms with E-state index in [0.717, 1.165) is 68.3 Å². The van der Waals surface area contributed by atoms with Gasteiger partial charge in [-0.3, -0.25) is 9.59 Å². The molecule has 0 amide bonds. The second kappa shape index (κ2) is 12.4. The van der Waals surface area contributed by atoms with Crippen LogP contribution >= 0.6 is 31.9 Å². The number of Topliss-reactive ketones (excluding diaryl/α,β-unsaturated/α-hetero) is 2. The number of carbonyl (C=O) groups is 2. The van der Waals surface area contributed by atoms with Crippen LogP contribution in [0.5, 0.6) is 11.5 Å². The number of carbonyl (C=O) groups excluding carboxylic acids is 2. The molecule has 0 N–H and O–H groups in total. The minimum absolute atomic E-state index is 0.123. The number of methoxy groups -OCH3 is 1. The van der Waals surface area contributed by atoms with E-state index >= 15 is 0 Å². The van der Waals surface area contributed by atoms with Gasteiger partial charge in [0, 0.05) is 59.4 Å². The minimum atomic E-state index is -0.412. The smallest absolute Gasteiger partial charge is 0.175 e. The number of ketones is 2. The molecule has 0 radical (unpaired) electrons. The largest absolute Gasteiger partial charge is 0.490 e. The Balaban J connectivity index is 1.60. The molecule has 0 bridgehead atoms. The second-order valence-corrected chi connectivity index (χ2v) is 11.8. The quantitative estimate of drug-likeness (QED) is 0.283. The number of benzene rings is 2. The third-order valence-corrected chi connectivity index (χ3v) is 8.68. The van der Waals surface area contributed by atoms with Crippen molar-refractivity contribution in [1.82, 2.24) is 4.90 Å². The summed E-state index contributed by atoms with van der Waals surface area (Å²) in [5.41, 5.74) is 5.51. The molecule has 39 heavy (non-hydrogen) atoms. The molecule has 2 aliphatic carbocycles. The van der Waals surface area contributed by atoms with Crippen LogP contribution in [0.15, 0.2) is 67.9 Å². The summed E-state index contributed by atoms with van der Waals surface area (Å²) in [5.74, 6) is 1.04. The Morgan fingerprint density at radius 1 is 0.897 bits per heavy atom. The highest BCUT2D eigenvalue weighted by atomic mass is 79.9. The van der Waals surface area contributed by atoms with E-state index < -0.39 is 5.92 Å². The first kappa shape index (κ1) is 28.1. The van der Waals surface area contributed by atoms with Crippen molar-refractivity contribution in [3.63, 3.8) is 0 Å². The first-order valence-electron chi connectivity index (χ1n) is 13.5. The molecule has 0 saturated heterocycles. The molecule has 2 aromatic rings. The van der Waals surface area contributed by atoms with Crippen molar-refractivity contribution in [2.75, 3.05) is 26.9 Å². The fourth-order valence-electron chi connectivity index (χ4n) is 5.90. The Hall–Kier alpha value is -2.42. The van der Waals surface area contributed by atoms with Crippen molar-refractivity contribution in [2.24, 2.45) is 0 Å². The molecule has 5 rings (SSSR count). The van der Waals surface area contributed by atoms with Gasteiger partial charge in [0.25, 0.3) is 0 Å². The lowest BCUT2D eigenvalue weighted by Gasteiger charge is -2.44. The van der Waals surface area contributed by atoms with Gasteiger partial charge < -0.3 is 19.1 Å². The van der Waals surface area contributed by atoms with E-state index in [2.05, 4.69) is 36.8 Å². The third kappa shape index (κ3) is 5.74. The standard InChI is InChI=1S/C31H33Br2NO5/c1-3-38-27-17-20(16-22(33)31(27)39-18-19-10-12-21(32)13-11-19)28-29-23(6-4-8-25(29)35)34(14-15-37-2)24-7-5-9-26(36)30(24)28/h10-13,16-17,28H,3-9,14-15,18H2,1-2H3. The third-order valence-electron chi connectivity index (χ3n) is 7.57. The van der Waals surface area contributed by atoms with Crippen LogP contribution in [0, 0.1) is 0 Å². The van der Waals surface area contributed by atoms with Gasteiger partial charge in [-0.1, -0.05) is 28.1 Å². The van der Waals surface area contributed by atoms with Crippen LogP contribution in [0.1, 0.15) is 62.5 Å². The van der Waals surface area contributed by atoms with E-state index in [-0.39, 0.29) is 11.6 Å². The fraction of sp³-hybridized carbons (Fsp3) is 0.419. The molecule has 0 fully saturated rings. The lowest BCUT2D eigenvalue weighted by molar-refractivity contribution is -0.117. The molecule has 0 aromatic heterocycles. The monoisotopic (exact) mass is 657 g/mol. The van der Waals surface area contributed by atoms with E-state index in [1.54, 1.807) is 7.11 Å². The van der Waals surface area contributed by atoms with E-state index in [0.29, 0.717) is 50.7 Å². The van der Waals surface area contributed by atoms with Crippen LogP contribution in [0.25, 0.3) is 0 Å². The second-order valence-electron chi connectivity index (χ2n) is 10.0. The molecule has 2 aromatic carbocycles. The molecule has 3 aliphatic rings. The van der Waals surface area contributed by atoms with Gasteiger partial charge in [0.15, 0.2) is 23.1 Å². The normalized spacial score (nSPS) is 17.9. The zero-order valence-electron chi connectivity index (χ0n) is 22.4. The summed E-state index contributed by atoms with van der Waals surface area (Å²) in [6, 6.07) is 11.9. The predicted octanol–water partition coefficient (Wildman–Crippen LogP) is 7.25. The maximum atomic E-state index is 13.5. The number of halogens is 2. The highest BCUT2D eigenvalue weighted by Crippen LogP contribution is 2.51. The highest BCUT2D eigenvalue weighted by molar-refractivity contribution is 9.10. The Kier molecular flexibility index (Phi) is 8.94. The van der Waals surface area contributed by atoms with Crippen molar-refractivity contribution >= 4 is 43.4 Å². The molecule has 0 spiro atoms. The summed E-state index contributed by atoms with van der Waals surface area (Å²) in [4.78, 5) is 29.3. The summed E-state index contributed by atoms with van der Waals surface area (Å²) < 4.78 is 19.5. The van der Waals surface area contributed by atoms with Crippen molar-refractivity contribution in [3.05, 3.63) is 79.0 Å². The molecule has 0 saturated carbocycles. The van der Waals surface area contributed by atoms with Gasteiger partial charge in [-0.15, -0.1) is 0 Å². The SMILES string of the molecule is CCOc1cc(C2C3=C(CCCC3=O)N(CCOC)C3=C2C(=O)CCC3)cc(Br)c1OCc1ccc(Br)cc1. The highest BCUT2D eigenvalue weighted by Gasteiger charge is 2.43. The Morgan fingerprint density at radius 3 is 2.13 bits per heavy atom. The minimum Gasteiger partial charge on any atom is -0.490 e. The van der Waals surface area contributed by atoms with Crippen LogP contribution < -0.4 is 9.47 Å². The molecule has 0 unspecified atom stereocenters. The lowest BCUT2D eigenvalue weighted by Crippen LogP contribution is -2.40. The Morgan fingerprint density at radius 2 is 1.54 bits per heavy atom. The molecule has 6 nitrogen and oxygen atoms in total. The maximum Gasteiger partial charge on any atom is 0.175 e. The number of nitrogens with zero attached hydrogens (tertiary/aromatic N) is 1. The number of hydrogen-bond acceptors (Lipinski definition) is 6. The molecular formula is C31H33Br2NO5. The van der Waals surface area contributed by atoms with Crippen LogP contribution in [0.4, 0.5) is 0 Å². The lowest BCUT2D eigenvalue weighted by atomic mass is 9.71. The zero-order chi connectivity index (χ0) is 27.5. The summed E-state index contributed by atoms with van der Waals surface area (Å²) in [6.45, 7) is 3.94. The van der Waals surface area contributed by atoms with Gasteiger partial charge in [0.05, 0.1) is 17.7 Å². The predicted molar refractivity (Wildman–Crippen MR) is 157 cm³/mol. The topological polar surface area (TPSA) is 65.1 Å². The first-order valence-corrected chi connectivity index (χ1v) is 15.1. The van der Waals surface area contributed by atoms with Crippen molar-refractivity contribution in [2.45, 2.75) is 58.0 Å². The Bertz CT molecular complexity index is 1290. The number of allylic oxidation sites excluding steroid dienone is 4. The number of rotatable bonds is 9. The number of hydrogen-bond donors (Lipinski definition) is 0. The van der Waals surface area contributed by atoms with Crippen molar-refractivity contribution < 1.29 is 23.8 Å². The summed E-state index contributed by atoms with van der Waals surface area (Å²) in [6.07, 6.45) is 4.28. The van der Waals surface area contributed by atoms with E-state index in [9.17, 15) is 9.59 Å². The fourth-order valence-corrected chi connectivity index (χ4v) is 6.73. The average Bonchev–Trinajstić information content (AvgIpc) is 2.92. The van der Waals surface area contributed by atoms with Gasteiger partial charge in [-0.05, 0) is 83.9 Å². The molecule has 1 aliphatic heterocycles. The summed E-state index contributed by atoms with van der Waals surface area (Å²) in [5, 5.41) is 0. The van der Waals surface area contributed by atoms with Gasteiger partial charge in [0.1, 0.15) is 6.61 Å². The molecule has 0 atom stereocenters. The van der Waals surface area contributed by atoms with E-state index in [1.165, 1.54) is 0 Å². The van der Waals surface area contributed by atoms with Crippen LogP contribution in [0.2, 0.25) is 0 Å². The van der Waals surface area contributed by atoms with Crippen LogP contribution in [0.3, 0.4) is 0 Å². The van der Waals surface area contributed by atoms with Crippen molar-refractivity contribution in [1.29, 1.82) is 0 Å². The van der Waals surface area contributed by atoms with Crippen LogP contribution in [-0.2, 0) is 20.9 Å². The molecule has 206 valence electrons. The summed E-state index contributed by atoms with van der Waals surface area (Å²) >= 11 is 7.20. The molecular weight excluding hydrogens is 626 g/mol. The van der Waals surface area contributed by atoms with Crippen molar-refractivity contribution in [3.8, 4) is 11.5 Å². The van der Waals surface area contributed by atoms with Gasteiger partial charge in [-0.2, -0.15) is 0 Å². The number of ether oxygens (including phenoxy) is 3. The van der Waals surface area contributed by atoms with E-state index in [1.807, 2.05) is 43.3 Å². The first-order chi connectivity index (χ1) is 18.9. The molecule has 8 heteroatoms. The van der Waals surface area contributed by atoms with Crippen LogP contribution in [-0.4, -0.2) is 43.3 Å². The average molecular weight is 659 g/mol. The van der Waals surface area contributed by atoms with Gasteiger partial charge >= 0.3 is 0 Å². The van der Waals surface area contributed by atoms with E-state index in [4.69, 9.17) is 14.2 Å². The maximum absolute atomic E-state index is 13.5. The van der Waals surface area contributed by atoms with Gasteiger partial charge in [0.2, 0.25) is 0 Å². The Labute approximate surface area is 246 Å².